The zero-order valence-corrected chi connectivity index (χ0v) is 18.9. The van der Waals surface area contributed by atoms with Crippen LogP contribution in [0.5, 0.6) is 0 Å². The van der Waals surface area contributed by atoms with Gasteiger partial charge in [0.15, 0.2) is 0 Å². The second-order valence-electron chi connectivity index (χ2n) is 8.45. The average Bonchev–Trinajstić information content (AvgIpc) is 3.01. The van der Waals surface area contributed by atoms with Gasteiger partial charge in [-0.2, -0.15) is 0 Å². The molecule has 2 N–H and O–H groups in total. The van der Waals surface area contributed by atoms with Crippen LogP contribution in [0.25, 0.3) is 0 Å². The molecule has 172 valence electrons. The van der Waals surface area contributed by atoms with Crippen molar-refractivity contribution in [2.75, 3.05) is 43.4 Å². The number of para-hydroxylation sites is 1. The molecule has 0 radical (unpaired) electrons. The summed E-state index contributed by atoms with van der Waals surface area (Å²) in [5.41, 5.74) is 3.35. The van der Waals surface area contributed by atoms with E-state index in [-0.39, 0.29) is 0 Å². The first-order valence-electron chi connectivity index (χ1n) is 11.3. The summed E-state index contributed by atoms with van der Waals surface area (Å²) in [5, 5.41) is 5.66. The number of hydrogen-bond acceptors (Lipinski definition) is 6. The summed E-state index contributed by atoms with van der Waals surface area (Å²) in [4.78, 5) is 39.6. The van der Waals surface area contributed by atoms with Gasteiger partial charge in [-0.25, -0.2) is 9.98 Å². The average molecular weight is 455 g/mol. The van der Waals surface area contributed by atoms with Crippen molar-refractivity contribution in [3.8, 4) is 0 Å². The lowest BCUT2D eigenvalue weighted by molar-refractivity contribution is -0.117. The first-order valence-corrected chi connectivity index (χ1v) is 11.3. The number of anilines is 2. The molecule has 2 amide bonds. The fraction of sp³-hybridized carbons (Fsp3) is 0.231. The molecule has 1 atom stereocenters. The number of amides is 2. The third-order valence-corrected chi connectivity index (χ3v) is 6.10. The number of hydrogen-bond donors (Lipinski definition) is 2. The highest BCUT2D eigenvalue weighted by atomic mass is 16.2. The predicted octanol–water partition coefficient (Wildman–Crippen LogP) is 2.38. The molecule has 1 saturated heterocycles. The number of aromatic nitrogens is 1. The summed E-state index contributed by atoms with van der Waals surface area (Å²) in [5.74, 6) is 0.0464. The van der Waals surface area contributed by atoms with Crippen molar-refractivity contribution in [1.29, 1.82) is 0 Å². The van der Waals surface area contributed by atoms with Gasteiger partial charge in [0, 0.05) is 43.5 Å². The van der Waals surface area contributed by atoms with Gasteiger partial charge < -0.3 is 20.4 Å². The summed E-state index contributed by atoms with van der Waals surface area (Å²) >= 11 is 0. The first kappa shape index (κ1) is 21.8. The number of nitrogens with one attached hydrogen (secondary N) is 2. The second kappa shape index (κ2) is 9.44. The van der Waals surface area contributed by atoms with E-state index in [0.29, 0.717) is 17.0 Å². The summed E-state index contributed by atoms with van der Waals surface area (Å²) in [6.07, 6.45) is 0.473. The van der Waals surface area contributed by atoms with Gasteiger partial charge in [-0.3, -0.25) is 9.59 Å². The Morgan fingerprint density at radius 2 is 1.71 bits per heavy atom. The van der Waals surface area contributed by atoms with E-state index in [1.165, 1.54) is 0 Å². The molecule has 8 nitrogen and oxygen atoms in total. The van der Waals surface area contributed by atoms with E-state index in [4.69, 9.17) is 0 Å². The number of pyridine rings is 1. The number of likely N-dealkylation sites (N-methyl/N-ethyl adjacent to an activating group) is 1. The number of nitrogens with zero attached hydrogens (tertiary/aromatic N) is 4. The lowest BCUT2D eigenvalue weighted by Crippen LogP contribution is -2.45. The molecule has 3 heterocycles. The molecule has 1 fully saturated rings. The van der Waals surface area contributed by atoms with Gasteiger partial charge in [0.25, 0.3) is 11.8 Å². The van der Waals surface area contributed by atoms with Crippen molar-refractivity contribution in [1.82, 2.24) is 15.2 Å². The van der Waals surface area contributed by atoms with E-state index in [1.807, 2.05) is 60.7 Å². The van der Waals surface area contributed by atoms with Crippen LogP contribution in [0.4, 0.5) is 11.5 Å². The molecule has 1 aromatic heterocycles. The molecule has 3 aromatic rings. The van der Waals surface area contributed by atoms with Gasteiger partial charge in [0.1, 0.15) is 5.82 Å². The van der Waals surface area contributed by atoms with E-state index < -0.39 is 18.0 Å². The molecule has 0 aliphatic carbocycles. The van der Waals surface area contributed by atoms with Crippen LogP contribution in [-0.2, 0) is 4.79 Å². The van der Waals surface area contributed by atoms with Gasteiger partial charge in [0.2, 0.25) is 6.17 Å². The highest BCUT2D eigenvalue weighted by Gasteiger charge is 2.27. The second-order valence-corrected chi connectivity index (χ2v) is 8.45. The zero-order chi connectivity index (χ0) is 23.5. The van der Waals surface area contributed by atoms with Crippen molar-refractivity contribution in [2.24, 2.45) is 4.99 Å². The first-order chi connectivity index (χ1) is 16.6. The van der Waals surface area contributed by atoms with Crippen molar-refractivity contribution >= 4 is 29.0 Å². The molecule has 2 aliphatic heterocycles. The summed E-state index contributed by atoms with van der Waals surface area (Å²) in [6.45, 7) is 3.75. The Bertz CT molecular complexity index is 1220. The number of carbonyl (C=O) groups is 2. The van der Waals surface area contributed by atoms with E-state index in [2.05, 4.69) is 37.5 Å². The highest BCUT2D eigenvalue weighted by Crippen LogP contribution is 2.24. The van der Waals surface area contributed by atoms with E-state index >= 15 is 0 Å². The zero-order valence-electron chi connectivity index (χ0n) is 18.9. The molecular weight excluding hydrogens is 428 g/mol. The van der Waals surface area contributed by atoms with E-state index in [9.17, 15) is 9.59 Å². The largest absolute Gasteiger partial charge is 0.354 e. The Labute approximate surface area is 198 Å². The van der Waals surface area contributed by atoms with Crippen LogP contribution >= 0.6 is 0 Å². The Morgan fingerprint density at radius 3 is 2.44 bits per heavy atom. The van der Waals surface area contributed by atoms with Gasteiger partial charge in [-0.1, -0.05) is 48.5 Å². The predicted molar refractivity (Wildman–Crippen MR) is 132 cm³/mol. The molecule has 5 rings (SSSR count). The molecular formula is C26H26N6O2. The molecule has 2 aliphatic rings. The van der Waals surface area contributed by atoms with Crippen LogP contribution in [0, 0.1) is 0 Å². The minimum absolute atomic E-state index is 0.379. The van der Waals surface area contributed by atoms with Crippen molar-refractivity contribution in [3.05, 3.63) is 89.6 Å². The molecule has 0 saturated carbocycles. The molecule has 2 aromatic carbocycles. The number of piperazine rings is 1. The lowest BCUT2D eigenvalue weighted by atomic mass is 10.0. The molecule has 8 heteroatoms. The number of aliphatic imine (C=N–C) groups is 1. The van der Waals surface area contributed by atoms with Gasteiger partial charge in [-0.05, 0) is 25.2 Å². The maximum absolute atomic E-state index is 13.0. The van der Waals surface area contributed by atoms with Crippen LogP contribution in [0.1, 0.15) is 21.5 Å². The number of rotatable bonds is 4. The summed E-state index contributed by atoms with van der Waals surface area (Å²) in [6, 6.07) is 20.7. The highest BCUT2D eigenvalue weighted by molar-refractivity contribution is 6.20. The lowest BCUT2D eigenvalue weighted by Gasteiger charge is -2.33. The number of fused-ring (bicyclic) bond motifs is 1. The standard InChI is InChI=1S/C26H26N6O2/c1-31-13-15-32(16-14-31)22-12-11-19(17-27-22)25(33)30-24-26(34)28-21-10-6-5-9-20(21)23(29-24)18-7-3-2-4-8-18/h2-12,17,24H,13-16H2,1H3,(H,28,34)(H,30,33). The number of benzene rings is 2. The smallest absolute Gasteiger partial charge is 0.269 e. The monoisotopic (exact) mass is 454 g/mol. The molecule has 34 heavy (non-hydrogen) atoms. The van der Waals surface area contributed by atoms with Gasteiger partial charge in [-0.15, -0.1) is 0 Å². The Kier molecular flexibility index (Phi) is 6.05. The minimum Gasteiger partial charge on any atom is -0.354 e. The fourth-order valence-corrected chi connectivity index (χ4v) is 4.13. The van der Waals surface area contributed by atoms with Gasteiger partial charge >= 0.3 is 0 Å². The van der Waals surface area contributed by atoms with Crippen LogP contribution in [-0.4, -0.2) is 66.8 Å². The summed E-state index contributed by atoms with van der Waals surface area (Å²) in [7, 11) is 2.10. The fourth-order valence-electron chi connectivity index (χ4n) is 4.13. The Hall–Kier alpha value is -4.04. The third kappa shape index (κ3) is 4.53. The Morgan fingerprint density at radius 1 is 0.971 bits per heavy atom. The SMILES string of the molecule is CN1CCN(c2ccc(C(=O)NC3N=C(c4ccccc4)c4ccccc4NC3=O)cn2)CC1. The number of carbonyl (C=O) groups excluding carboxylic acids is 2. The van der Waals surface area contributed by atoms with Crippen molar-refractivity contribution < 1.29 is 9.59 Å². The molecule has 0 spiro atoms. The minimum atomic E-state index is -1.08. The van der Waals surface area contributed by atoms with Crippen LogP contribution in [0.15, 0.2) is 77.9 Å². The van der Waals surface area contributed by atoms with Crippen LogP contribution in [0.2, 0.25) is 0 Å². The van der Waals surface area contributed by atoms with Crippen LogP contribution < -0.4 is 15.5 Å². The third-order valence-electron chi connectivity index (χ3n) is 6.10. The Balaban J connectivity index is 1.38. The molecule has 0 bridgehead atoms. The van der Waals surface area contributed by atoms with Crippen LogP contribution in [0.3, 0.4) is 0 Å². The van der Waals surface area contributed by atoms with Gasteiger partial charge in [0.05, 0.1) is 17.0 Å². The van der Waals surface area contributed by atoms with E-state index in [0.717, 1.165) is 43.1 Å². The van der Waals surface area contributed by atoms with E-state index in [1.54, 1.807) is 12.3 Å². The van der Waals surface area contributed by atoms with Crippen molar-refractivity contribution in [3.63, 3.8) is 0 Å². The normalized spacial score (nSPS) is 18.4. The maximum Gasteiger partial charge on any atom is 0.269 e. The topological polar surface area (TPSA) is 89.9 Å². The maximum atomic E-state index is 13.0. The quantitative estimate of drug-likeness (QED) is 0.632. The molecule has 1 unspecified atom stereocenters. The summed E-state index contributed by atoms with van der Waals surface area (Å²) < 4.78 is 0. The number of benzodiazepines with no additional fused rings is 1. The van der Waals surface area contributed by atoms with Crippen molar-refractivity contribution in [2.45, 2.75) is 6.17 Å².